The molecule has 26 heavy (non-hydrogen) atoms. The molecule has 1 unspecified atom stereocenters. The van der Waals surface area contributed by atoms with Crippen LogP contribution < -0.4 is 5.32 Å². The summed E-state index contributed by atoms with van der Waals surface area (Å²) in [4.78, 5) is 37.3. The second kappa shape index (κ2) is 11.2. The summed E-state index contributed by atoms with van der Waals surface area (Å²) in [7, 11) is 0. The van der Waals surface area contributed by atoms with Crippen molar-refractivity contribution < 1.29 is 19.1 Å². The number of amides is 2. The van der Waals surface area contributed by atoms with E-state index in [1.807, 2.05) is 12.1 Å². The molecule has 0 radical (unpaired) electrons. The number of ether oxygens (including phenoxy) is 1. The summed E-state index contributed by atoms with van der Waals surface area (Å²) in [6.45, 7) is 1.27. The number of esters is 1. The van der Waals surface area contributed by atoms with Crippen LogP contribution >= 0.6 is 0 Å². The molecule has 0 aliphatic heterocycles. The molecule has 0 aliphatic carbocycles. The largest absolute Gasteiger partial charge is 0.454 e. The van der Waals surface area contributed by atoms with Gasteiger partial charge in [0.2, 0.25) is 0 Å². The lowest BCUT2D eigenvalue weighted by Gasteiger charge is -2.20. The van der Waals surface area contributed by atoms with Crippen LogP contribution in [0.25, 0.3) is 0 Å². The first-order chi connectivity index (χ1) is 12.5. The molecule has 0 heterocycles. The Kier molecular flexibility index (Phi) is 8.91. The summed E-state index contributed by atoms with van der Waals surface area (Å²) in [5.41, 5.74) is 0.405. The maximum atomic E-state index is 12.1. The molecule has 1 aromatic rings. The summed E-state index contributed by atoms with van der Waals surface area (Å²) in [5, 5.41) is 19.7. The van der Waals surface area contributed by atoms with Gasteiger partial charge in [-0.3, -0.25) is 9.59 Å². The third kappa shape index (κ3) is 7.02. The molecule has 0 aromatic heterocycles. The predicted octanol–water partition coefficient (Wildman–Crippen LogP) is 1.00. The van der Waals surface area contributed by atoms with Crippen molar-refractivity contribution in [2.45, 2.75) is 25.8 Å². The maximum Gasteiger partial charge on any atom is 0.328 e. The Labute approximate surface area is 152 Å². The Hall–Kier alpha value is -3.39. The number of nitrogens with one attached hydrogen (secondary N) is 1. The minimum absolute atomic E-state index is 0.120. The summed E-state index contributed by atoms with van der Waals surface area (Å²) in [5.74, 6) is -1.67. The zero-order valence-electron chi connectivity index (χ0n) is 14.5. The standard InChI is InChI=1S/C18H20N4O4/c1-14(21-17(24)15-7-3-2-4-8-15)18(25)26-13-16(23)22(11-5-9-19)12-6-10-20/h2-4,7-8,14H,5-6,11-13H2,1H3,(H,21,24). The Morgan fingerprint density at radius 2 is 1.69 bits per heavy atom. The number of hydrogen-bond donors (Lipinski definition) is 1. The summed E-state index contributed by atoms with van der Waals surface area (Å²) >= 11 is 0. The molecule has 1 aromatic carbocycles. The Bertz CT molecular complexity index is 688. The number of nitriles is 2. The molecule has 8 heteroatoms. The fourth-order valence-electron chi connectivity index (χ4n) is 2.01. The van der Waals surface area contributed by atoms with Gasteiger partial charge in [-0.05, 0) is 19.1 Å². The number of rotatable bonds is 9. The van der Waals surface area contributed by atoms with Gasteiger partial charge in [0.1, 0.15) is 6.04 Å². The Morgan fingerprint density at radius 3 is 2.23 bits per heavy atom. The monoisotopic (exact) mass is 356 g/mol. The molecule has 0 saturated heterocycles. The number of hydrogen-bond acceptors (Lipinski definition) is 6. The normalized spacial score (nSPS) is 10.7. The highest BCUT2D eigenvalue weighted by Gasteiger charge is 2.20. The first kappa shape index (κ1) is 20.7. The van der Waals surface area contributed by atoms with Crippen LogP contribution in [0.15, 0.2) is 30.3 Å². The van der Waals surface area contributed by atoms with Crippen molar-refractivity contribution in [3.8, 4) is 12.1 Å². The predicted molar refractivity (Wildman–Crippen MR) is 91.4 cm³/mol. The zero-order chi connectivity index (χ0) is 19.4. The van der Waals surface area contributed by atoms with Crippen LogP contribution in [0.5, 0.6) is 0 Å². The maximum absolute atomic E-state index is 12.1. The summed E-state index contributed by atoms with van der Waals surface area (Å²) in [6.07, 6.45) is 0.239. The number of carbonyl (C=O) groups excluding carboxylic acids is 3. The van der Waals surface area contributed by atoms with E-state index in [1.165, 1.54) is 11.8 Å². The SMILES string of the molecule is CC(NC(=O)c1ccccc1)C(=O)OCC(=O)N(CCC#N)CCC#N. The van der Waals surface area contributed by atoms with Gasteiger partial charge in [-0.15, -0.1) is 0 Å². The van der Waals surface area contributed by atoms with Crippen LogP contribution in [0, 0.1) is 22.7 Å². The van der Waals surface area contributed by atoms with Crippen molar-refractivity contribution in [3.05, 3.63) is 35.9 Å². The number of nitrogens with zero attached hydrogens (tertiary/aromatic N) is 3. The molecular weight excluding hydrogens is 336 g/mol. The minimum Gasteiger partial charge on any atom is -0.454 e. The van der Waals surface area contributed by atoms with Gasteiger partial charge in [-0.1, -0.05) is 18.2 Å². The second-order valence-electron chi connectivity index (χ2n) is 5.37. The van der Waals surface area contributed by atoms with E-state index in [4.69, 9.17) is 15.3 Å². The van der Waals surface area contributed by atoms with Crippen LogP contribution in [-0.2, 0) is 14.3 Å². The van der Waals surface area contributed by atoms with E-state index in [1.54, 1.807) is 30.3 Å². The quantitative estimate of drug-likeness (QED) is 0.659. The zero-order valence-corrected chi connectivity index (χ0v) is 14.5. The Morgan fingerprint density at radius 1 is 1.12 bits per heavy atom. The average Bonchev–Trinajstić information content (AvgIpc) is 2.66. The summed E-state index contributed by atoms with van der Waals surface area (Å²) in [6, 6.07) is 11.3. The van der Waals surface area contributed by atoms with Crippen molar-refractivity contribution in [1.29, 1.82) is 10.5 Å². The molecule has 2 amide bonds. The van der Waals surface area contributed by atoms with E-state index < -0.39 is 30.4 Å². The highest BCUT2D eigenvalue weighted by Crippen LogP contribution is 2.01. The molecule has 1 atom stereocenters. The lowest BCUT2D eigenvalue weighted by Crippen LogP contribution is -2.42. The topological polar surface area (TPSA) is 123 Å². The van der Waals surface area contributed by atoms with Crippen LogP contribution in [0.3, 0.4) is 0 Å². The lowest BCUT2D eigenvalue weighted by molar-refractivity contribution is -0.153. The van der Waals surface area contributed by atoms with Gasteiger partial charge in [0, 0.05) is 18.7 Å². The van der Waals surface area contributed by atoms with Gasteiger partial charge in [0.15, 0.2) is 6.61 Å². The van der Waals surface area contributed by atoms with Gasteiger partial charge in [-0.25, -0.2) is 4.79 Å². The van der Waals surface area contributed by atoms with E-state index in [9.17, 15) is 14.4 Å². The van der Waals surface area contributed by atoms with Crippen LogP contribution in [0.1, 0.15) is 30.1 Å². The van der Waals surface area contributed by atoms with Gasteiger partial charge in [0.05, 0.1) is 25.0 Å². The van der Waals surface area contributed by atoms with Crippen molar-refractivity contribution in [2.24, 2.45) is 0 Å². The van der Waals surface area contributed by atoms with E-state index in [0.29, 0.717) is 5.56 Å². The van der Waals surface area contributed by atoms with Crippen molar-refractivity contribution >= 4 is 17.8 Å². The fraction of sp³-hybridized carbons (Fsp3) is 0.389. The molecule has 1 N–H and O–H groups in total. The minimum atomic E-state index is -0.929. The van der Waals surface area contributed by atoms with Gasteiger partial charge < -0.3 is 15.0 Å². The highest BCUT2D eigenvalue weighted by atomic mass is 16.5. The highest BCUT2D eigenvalue weighted by molar-refractivity contribution is 5.96. The Balaban J connectivity index is 2.50. The van der Waals surface area contributed by atoms with E-state index in [-0.39, 0.29) is 25.9 Å². The number of benzene rings is 1. The third-order valence-corrected chi connectivity index (χ3v) is 3.41. The summed E-state index contributed by atoms with van der Waals surface area (Å²) < 4.78 is 4.93. The molecule has 0 saturated carbocycles. The van der Waals surface area contributed by atoms with Crippen LogP contribution in [-0.4, -0.2) is 48.4 Å². The molecule has 0 aliphatic rings. The molecule has 8 nitrogen and oxygen atoms in total. The first-order valence-electron chi connectivity index (χ1n) is 8.03. The van der Waals surface area contributed by atoms with Gasteiger partial charge in [0.25, 0.3) is 11.8 Å². The molecule has 136 valence electrons. The van der Waals surface area contributed by atoms with E-state index in [0.717, 1.165) is 0 Å². The molecule has 0 spiro atoms. The molecular formula is C18H20N4O4. The molecule has 0 fully saturated rings. The number of carbonyl (C=O) groups is 3. The smallest absolute Gasteiger partial charge is 0.328 e. The second-order valence-corrected chi connectivity index (χ2v) is 5.37. The van der Waals surface area contributed by atoms with Gasteiger partial charge in [-0.2, -0.15) is 10.5 Å². The van der Waals surface area contributed by atoms with Crippen molar-refractivity contribution in [1.82, 2.24) is 10.2 Å². The van der Waals surface area contributed by atoms with E-state index >= 15 is 0 Å². The first-order valence-corrected chi connectivity index (χ1v) is 8.03. The van der Waals surface area contributed by atoms with E-state index in [2.05, 4.69) is 5.32 Å². The third-order valence-electron chi connectivity index (χ3n) is 3.41. The molecule has 0 bridgehead atoms. The van der Waals surface area contributed by atoms with Crippen LogP contribution in [0.4, 0.5) is 0 Å². The average molecular weight is 356 g/mol. The van der Waals surface area contributed by atoms with Gasteiger partial charge >= 0.3 is 5.97 Å². The van der Waals surface area contributed by atoms with Crippen LogP contribution in [0.2, 0.25) is 0 Å². The van der Waals surface area contributed by atoms with Crippen molar-refractivity contribution in [3.63, 3.8) is 0 Å². The molecule has 1 rings (SSSR count). The van der Waals surface area contributed by atoms with Crippen molar-refractivity contribution in [2.75, 3.05) is 19.7 Å². The fourth-order valence-corrected chi connectivity index (χ4v) is 2.01. The lowest BCUT2D eigenvalue weighted by atomic mass is 10.2.